The van der Waals surface area contributed by atoms with Crippen molar-refractivity contribution in [2.45, 2.75) is 45.5 Å². The average Bonchev–Trinajstić information content (AvgIpc) is 3.23. The fourth-order valence-electron chi connectivity index (χ4n) is 3.89. The second-order valence-electron chi connectivity index (χ2n) is 7.88. The summed E-state index contributed by atoms with van der Waals surface area (Å²) in [5, 5.41) is 5.91. The van der Waals surface area contributed by atoms with Gasteiger partial charge in [-0.3, -0.25) is 9.59 Å². The molecule has 9 heteroatoms. The van der Waals surface area contributed by atoms with Gasteiger partial charge in [0.15, 0.2) is 0 Å². The van der Waals surface area contributed by atoms with Crippen molar-refractivity contribution in [3.05, 3.63) is 82.9 Å². The number of halogens is 1. The molecule has 0 aliphatic carbocycles. The first-order chi connectivity index (χ1) is 16.0. The van der Waals surface area contributed by atoms with Gasteiger partial charge in [0.2, 0.25) is 0 Å². The SMILES string of the molecule is CC[C@@H](NC(=O)c1cc(C(=O)N[C@H](C)c2ccc(F)cc2)c2n1CCOC2)c1ncccn1. The van der Waals surface area contributed by atoms with Crippen molar-refractivity contribution in [3.8, 4) is 0 Å². The molecule has 1 aromatic carbocycles. The van der Waals surface area contributed by atoms with E-state index in [1.165, 1.54) is 12.1 Å². The number of nitrogens with zero attached hydrogens (tertiary/aromatic N) is 3. The van der Waals surface area contributed by atoms with Gasteiger partial charge in [0.25, 0.3) is 11.8 Å². The van der Waals surface area contributed by atoms with Crippen LogP contribution in [0.3, 0.4) is 0 Å². The van der Waals surface area contributed by atoms with E-state index in [9.17, 15) is 14.0 Å². The Kier molecular flexibility index (Phi) is 6.79. The van der Waals surface area contributed by atoms with Crippen LogP contribution in [-0.2, 0) is 17.9 Å². The third-order valence-corrected chi connectivity index (χ3v) is 5.71. The predicted molar refractivity (Wildman–Crippen MR) is 119 cm³/mol. The van der Waals surface area contributed by atoms with Gasteiger partial charge in [-0.05, 0) is 43.2 Å². The molecular weight excluding hydrogens is 425 g/mol. The number of benzene rings is 1. The van der Waals surface area contributed by atoms with E-state index in [-0.39, 0.29) is 36.3 Å². The lowest BCUT2D eigenvalue weighted by atomic mass is 10.1. The first-order valence-corrected chi connectivity index (χ1v) is 10.9. The van der Waals surface area contributed by atoms with Crippen LogP contribution in [0, 0.1) is 5.82 Å². The van der Waals surface area contributed by atoms with Crippen LogP contribution in [0.1, 0.15) is 70.3 Å². The second kappa shape index (κ2) is 9.91. The van der Waals surface area contributed by atoms with Gasteiger partial charge in [0, 0.05) is 18.9 Å². The van der Waals surface area contributed by atoms with E-state index >= 15 is 0 Å². The number of carbonyl (C=O) groups is 2. The zero-order chi connectivity index (χ0) is 23.4. The summed E-state index contributed by atoms with van der Waals surface area (Å²) in [4.78, 5) is 34.8. The Hall–Kier alpha value is -3.59. The van der Waals surface area contributed by atoms with Crippen molar-refractivity contribution < 1.29 is 18.7 Å². The molecule has 1 aliphatic rings. The van der Waals surface area contributed by atoms with Crippen LogP contribution < -0.4 is 10.6 Å². The number of fused-ring (bicyclic) bond motifs is 1. The molecule has 3 heterocycles. The molecule has 4 rings (SSSR count). The number of carbonyl (C=O) groups excluding carboxylic acids is 2. The van der Waals surface area contributed by atoms with Gasteiger partial charge in [-0.2, -0.15) is 0 Å². The molecule has 33 heavy (non-hydrogen) atoms. The molecule has 0 saturated heterocycles. The molecule has 0 radical (unpaired) electrons. The van der Waals surface area contributed by atoms with Crippen LogP contribution in [0.15, 0.2) is 48.8 Å². The van der Waals surface area contributed by atoms with Gasteiger partial charge in [-0.1, -0.05) is 19.1 Å². The summed E-state index contributed by atoms with van der Waals surface area (Å²) in [6.07, 6.45) is 3.89. The topological polar surface area (TPSA) is 98.1 Å². The zero-order valence-electron chi connectivity index (χ0n) is 18.5. The smallest absolute Gasteiger partial charge is 0.268 e. The first kappa shape index (κ1) is 22.6. The number of ether oxygens (including phenoxy) is 1. The number of hydrogen-bond donors (Lipinski definition) is 2. The minimum atomic E-state index is -0.347. The second-order valence-corrected chi connectivity index (χ2v) is 7.88. The lowest BCUT2D eigenvalue weighted by molar-refractivity contribution is 0.0773. The van der Waals surface area contributed by atoms with E-state index in [1.807, 2.05) is 18.4 Å². The number of nitrogens with one attached hydrogen (secondary N) is 2. The van der Waals surface area contributed by atoms with E-state index in [1.54, 1.807) is 36.7 Å². The van der Waals surface area contributed by atoms with Crippen molar-refractivity contribution >= 4 is 11.8 Å². The largest absolute Gasteiger partial charge is 0.373 e. The highest BCUT2D eigenvalue weighted by Crippen LogP contribution is 2.23. The Bertz CT molecular complexity index is 1130. The number of rotatable bonds is 7. The molecular formula is C24H26FN5O3. The molecule has 172 valence electrons. The Morgan fingerprint density at radius 3 is 2.58 bits per heavy atom. The van der Waals surface area contributed by atoms with Gasteiger partial charge >= 0.3 is 0 Å². The first-order valence-electron chi connectivity index (χ1n) is 10.9. The molecule has 2 atom stereocenters. The van der Waals surface area contributed by atoms with Crippen molar-refractivity contribution in [1.82, 2.24) is 25.2 Å². The molecule has 0 fully saturated rings. The molecule has 0 spiro atoms. The van der Waals surface area contributed by atoms with E-state index in [0.717, 1.165) is 5.56 Å². The van der Waals surface area contributed by atoms with Crippen LogP contribution in [0.25, 0.3) is 0 Å². The third kappa shape index (κ3) is 4.93. The number of amides is 2. The molecule has 2 aromatic heterocycles. The highest BCUT2D eigenvalue weighted by molar-refractivity contribution is 6.01. The molecule has 3 aromatic rings. The lowest BCUT2D eigenvalue weighted by Crippen LogP contribution is -2.32. The lowest BCUT2D eigenvalue weighted by Gasteiger charge is -2.21. The fourth-order valence-corrected chi connectivity index (χ4v) is 3.89. The van der Waals surface area contributed by atoms with Gasteiger partial charge < -0.3 is 19.9 Å². The highest BCUT2D eigenvalue weighted by atomic mass is 19.1. The van der Waals surface area contributed by atoms with Crippen LogP contribution >= 0.6 is 0 Å². The van der Waals surface area contributed by atoms with Gasteiger partial charge in [0.1, 0.15) is 17.3 Å². The Morgan fingerprint density at radius 2 is 1.88 bits per heavy atom. The van der Waals surface area contributed by atoms with E-state index in [4.69, 9.17) is 4.74 Å². The maximum Gasteiger partial charge on any atom is 0.268 e. The standard InChI is InChI=1S/C24H26FN5O3/c1-3-19(22-26-9-4-10-27-22)29-24(32)20-13-18(21-14-33-12-11-30(20)21)23(31)28-15(2)16-5-7-17(25)8-6-16/h4-10,13,15,19H,3,11-12,14H2,1-2H3,(H,28,31)(H,29,32)/t15-,19-/m1/s1. The van der Waals surface area contributed by atoms with Crippen LogP contribution in [0.4, 0.5) is 4.39 Å². The molecule has 2 amide bonds. The molecule has 2 N–H and O–H groups in total. The normalized spacial score (nSPS) is 14.8. The Labute approximate surface area is 191 Å². The Morgan fingerprint density at radius 1 is 1.15 bits per heavy atom. The summed E-state index contributed by atoms with van der Waals surface area (Å²) in [6, 6.07) is 8.62. The van der Waals surface area contributed by atoms with E-state index in [2.05, 4.69) is 20.6 Å². The zero-order valence-corrected chi connectivity index (χ0v) is 18.5. The minimum Gasteiger partial charge on any atom is -0.373 e. The predicted octanol–water partition coefficient (Wildman–Crippen LogP) is 3.32. The van der Waals surface area contributed by atoms with E-state index < -0.39 is 0 Å². The van der Waals surface area contributed by atoms with Crippen LogP contribution in [0.2, 0.25) is 0 Å². The third-order valence-electron chi connectivity index (χ3n) is 5.71. The molecule has 0 bridgehead atoms. The molecule has 0 unspecified atom stereocenters. The number of aromatic nitrogens is 3. The maximum absolute atomic E-state index is 13.2. The van der Waals surface area contributed by atoms with Crippen molar-refractivity contribution in [2.75, 3.05) is 6.61 Å². The number of hydrogen-bond acceptors (Lipinski definition) is 5. The summed E-state index contributed by atoms with van der Waals surface area (Å²) in [5.41, 5.74) is 2.21. The van der Waals surface area contributed by atoms with Crippen molar-refractivity contribution in [1.29, 1.82) is 0 Å². The van der Waals surface area contributed by atoms with Crippen molar-refractivity contribution in [3.63, 3.8) is 0 Å². The monoisotopic (exact) mass is 451 g/mol. The summed E-state index contributed by atoms with van der Waals surface area (Å²) in [6.45, 7) is 4.92. The summed E-state index contributed by atoms with van der Waals surface area (Å²) in [5.74, 6) is -0.423. The van der Waals surface area contributed by atoms with Crippen molar-refractivity contribution in [2.24, 2.45) is 0 Å². The summed E-state index contributed by atoms with van der Waals surface area (Å²) < 4.78 is 20.6. The molecule has 1 aliphatic heterocycles. The molecule has 8 nitrogen and oxygen atoms in total. The van der Waals surface area contributed by atoms with Gasteiger partial charge in [-0.25, -0.2) is 14.4 Å². The Balaban J connectivity index is 1.56. The van der Waals surface area contributed by atoms with Gasteiger partial charge in [0.05, 0.1) is 36.6 Å². The fraction of sp³-hybridized carbons (Fsp3) is 0.333. The van der Waals surface area contributed by atoms with Gasteiger partial charge in [-0.15, -0.1) is 0 Å². The van der Waals surface area contributed by atoms with Crippen LogP contribution in [-0.4, -0.2) is 33.0 Å². The minimum absolute atomic E-state index is 0.236. The molecule has 0 saturated carbocycles. The van der Waals surface area contributed by atoms with Crippen LogP contribution in [0.5, 0.6) is 0 Å². The maximum atomic E-state index is 13.2. The highest BCUT2D eigenvalue weighted by Gasteiger charge is 2.28. The van der Waals surface area contributed by atoms with E-state index in [0.29, 0.717) is 42.3 Å². The summed E-state index contributed by atoms with van der Waals surface area (Å²) >= 11 is 0. The quantitative estimate of drug-likeness (QED) is 0.574. The average molecular weight is 452 g/mol. The summed E-state index contributed by atoms with van der Waals surface area (Å²) in [7, 11) is 0.